The Bertz CT molecular complexity index is 1470. The second-order valence-corrected chi connectivity index (χ2v) is 10.6. The number of nitrogens with one attached hydrogen (secondary N) is 1. The first kappa shape index (κ1) is 21.3. The summed E-state index contributed by atoms with van der Waals surface area (Å²) >= 11 is 2.86. The number of nitrogens with zero attached hydrogens (tertiary/aromatic N) is 5. The summed E-state index contributed by atoms with van der Waals surface area (Å²) in [5, 5.41) is 14.4. The lowest BCUT2D eigenvalue weighted by molar-refractivity contribution is 0.601. The normalized spacial score (nSPS) is 11.4. The van der Waals surface area contributed by atoms with Gasteiger partial charge >= 0.3 is 0 Å². The second kappa shape index (κ2) is 9.14. The van der Waals surface area contributed by atoms with Gasteiger partial charge in [0.2, 0.25) is 5.16 Å². The smallest absolute Gasteiger partial charge is 0.261 e. The van der Waals surface area contributed by atoms with E-state index in [9.17, 15) is 8.42 Å². The molecule has 0 aliphatic heterocycles. The SMILES string of the molecule is O=S(=O)(Nc1ccccc1)c1ccc(-n2nnnc2Sc2nc(-c3ccccc3)cs2)cc1. The van der Waals surface area contributed by atoms with E-state index in [2.05, 4.69) is 25.2 Å². The summed E-state index contributed by atoms with van der Waals surface area (Å²) in [4.78, 5) is 4.80. The fraction of sp³-hybridized carbons (Fsp3) is 0. The molecule has 0 fully saturated rings. The maximum Gasteiger partial charge on any atom is 0.261 e. The Morgan fingerprint density at radius 3 is 2.30 bits per heavy atom. The second-order valence-electron chi connectivity index (χ2n) is 6.81. The topological polar surface area (TPSA) is 103 Å². The molecule has 0 spiro atoms. The number of thiazole rings is 1. The summed E-state index contributed by atoms with van der Waals surface area (Å²) < 4.78 is 30.2. The van der Waals surface area contributed by atoms with Crippen LogP contribution in [0, 0.1) is 0 Å². The molecule has 0 aliphatic carbocycles. The molecule has 0 amide bonds. The Labute approximate surface area is 198 Å². The first-order valence-electron chi connectivity index (χ1n) is 9.74. The van der Waals surface area contributed by atoms with Crippen molar-refractivity contribution >= 4 is 38.8 Å². The molecule has 0 unspecified atom stereocenters. The van der Waals surface area contributed by atoms with Gasteiger partial charge in [0, 0.05) is 16.6 Å². The minimum Gasteiger partial charge on any atom is -0.280 e. The average molecular weight is 493 g/mol. The predicted molar refractivity (Wildman–Crippen MR) is 128 cm³/mol. The van der Waals surface area contributed by atoms with Crippen LogP contribution in [0.25, 0.3) is 16.9 Å². The minimum atomic E-state index is -3.71. The highest BCUT2D eigenvalue weighted by Crippen LogP contribution is 2.32. The number of hydrogen-bond donors (Lipinski definition) is 1. The van der Waals surface area contributed by atoms with Crippen LogP contribution in [0.2, 0.25) is 0 Å². The van der Waals surface area contributed by atoms with E-state index in [1.54, 1.807) is 41.1 Å². The molecular formula is C22H16N6O2S3. The van der Waals surface area contributed by atoms with Gasteiger partial charge in [-0.2, -0.15) is 4.68 Å². The van der Waals surface area contributed by atoms with E-state index in [-0.39, 0.29) is 4.90 Å². The van der Waals surface area contributed by atoms with Crippen LogP contribution in [-0.2, 0) is 10.0 Å². The Morgan fingerprint density at radius 1 is 0.879 bits per heavy atom. The zero-order valence-electron chi connectivity index (χ0n) is 16.9. The molecular weight excluding hydrogens is 476 g/mol. The molecule has 0 radical (unpaired) electrons. The molecule has 2 heterocycles. The third kappa shape index (κ3) is 4.80. The molecule has 0 aliphatic rings. The number of aromatic nitrogens is 5. The van der Waals surface area contributed by atoms with E-state index >= 15 is 0 Å². The van der Waals surface area contributed by atoms with Crippen LogP contribution in [-0.4, -0.2) is 33.6 Å². The Kier molecular flexibility index (Phi) is 5.90. The van der Waals surface area contributed by atoms with Crippen LogP contribution >= 0.6 is 23.1 Å². The first-order valence-corrected chi connectivity index (χ1v) is 12.9. The van der Waals surface area contributed by atoms with E-state index < -0.39 is 10.0 Å². The molecule has 164 valence electrons. The molecule has 0 atom stereocenters. The lowest BCUT2D eigenvalue weighted by Crippen LogP contribution is -2.13. The molecule has 0 saturated heterocycles. The van der Waals surface area contributed by atoms with Gasteiger partial charge in [0.25, 0.3) is 10.0 Å². The van der Waals surface area contributed by atoms with Gasteiger partial charge in [-0.05, 0) is 58.6 Å². The largest absolute Gasteiger partial charge is 0.280 e. The van der Waals surface area contributed by atoms with Crippen molar-refractivity contribution < 1.29 is 8.42 Å². The van der Waals surface area contributed by atoms with Gasteiger partial charge in [0.05, 0.1) is 16.3 Å². The number of rotatable bonds is 7. The van der Waals surface area contributed by atoms with Gasteiger partial charge in [0.1, 0.15) is 0 Å². The molecule has 8 nitrogen and oxygen atoms in total. The highest BCUT2D eigenvalue weighted by Gasteiger charge is 2.17. The zero-order chi connectivity index (χ0) is 22.7. The fourth-order valence-electron chi connectivity index (χ4n) is 3.02. The van der Waals surface area contributed by atoms with E-state index in [0.29, 0.717) is 16.5 Å². The summed E-state index contributed by atoms with van der Waals surface area (Å²) in [6.07, 6.45) is 0. The Balaban J connectivity index is 1.35. The van der Waals surface area contributed by atoms with Gasteiger partial charge in [-0.1, -0.05) is 48.5 Å². The molecule has 11 heteroatoms. The van der Waals surface area contributed by atoms with Crippen molar-refractivity contribution in [1.82, 2.24) is 25.2 Å². The van der Waals surface area contributed by atoms with Crippen molar-refractivity contribution in [1.29, 1.82) is 0 Å². The van der Waals surface area contributed by atoms with Crippen LogP contribution in [0.1, 0.15) is 0 Å². The summed E-state index contributed by atoms with van der Waals surface area (Å²) in [6.45, 7) is 0. The van der Waals surface area contributed by atoms with Crippen molar-refractivity contribution in [3.63, 3.8) is 0 Å². The fourth-order valence-corrected chi connectivity index (χ4v) is 5.79. The van der Waals surface area contributed by atoms with Crippen molar-refractivity contribution in [2.75, 3.05) is 4.72 Å². The van der Waals surface area contributed by atoms with Crippen molar-refractivity contribution in [2.24, 2.45) is 0 Å². The van der Waals surface area contributed by atoms with Gasteiger partial charge in [-0.3, -0.25) is 4.72 Å². The van der Waals surface area contributed by atoms with Crippen molar-refractivity contribution in [2.45, 2.75) is 14.4 Å². The van der Waals surface area contributed by atoms with Crippen LogP contribution in [0.3, 0.4) is 0 Å². The number of tetrazole rings is 1. The van der Waals surface area contributed by atoms with E-state index in [0.717, 1.165) is 15.6 Å². The van der Waals surface area contributed by atoms with Gasteiger partial charge in [-0.25, -0.2) is 13.4 Å². The number of para-hydroxylation sites is 1. The summed E-state index contributed by atoms with van der Waals surface area (Å²) in [6, 6.07) is 25.0. The van der Waals surface area contributed by atoms with Gasteiger partial charge in [-0.15, -0.1) is 16.4 Å². The van der Waals surface area contributed by atoms with Gasteiger partial charge in [0.15, 0.2) is 4.34 Å². The van der Waals surface area contributed by atoms with Crippen molar-refractivity contribution in [3.8, 4) is 16.9 Å². The zero-order valence-corrected chi connectivity index (χ0v) is 19.4. The lowest BCUT2D eigenvalue weighted by atomic mass is 10.2. The quantitative estimate of drug-likeness (QED) is 0.350. The third-order valence-electron chi connectivity index (χ3n) is 4.59. The number of sulfonamides is 1. The average Bonchev–Trinajstić information content (AvgIpc) is 3.50. The maximum atomic E-state index is 12.7. The summed E-state index contributed by atoms with van der Waals surface area (Å²) in [7, 11) is -3.71. The molecule has 0 bridgehead atoms. The molecule has 5 rings (SSSR count). The predicted octanol–water partition coefficient (Wildman–Crippen LogP) is 4.74. The number of anilines is 1. The Morgan fingerprint density at radius 2 is 1.58 bits per heavy atom. The molecule has 3 aromatic carbocycles. The number of benzene rings is 3. The lowest BCUT2D eigenvalue weighted by Gasteiger charge is -2.09. The summed E-state index contributed by atoms with van der Waals surface area (Å²) in [5.41, 5.74) is 3.07. The molecule has 5 aromatic rings. The molecule has 0 saturated carbocycles. The van der Waals surface area contributed by atoms with Crippen LogP contribution in [0.4, 0.5) is 5.69 Å². The van der Waals surface area contributed by atoms with Crippen molar-refractivity contribution in [3.05, 3.63) is 90.3 Å². The first-order chi connectivity index (χ1) is 16.1. The number of hydrogen-bond acceptors (Lipinski definition) is 8. The molecule has 33 heavy (non-hydrogen) atoms. The monoisotopic (exact) mass is 492 g/mol. The Hall–Kier alpha value is -3.54. The van der Waals surface area contributed by atoms with Crippen LogP contribution < -0.4 is 4.72 Å². The standard InChI is InChI=1S/C22H16N6O2S3/c29-33(30,25-17-9-5-2-6-10-17)19-13-11-18(12-14-19)28-21(24-26-27-28)32-22-23-20(15-31-22)16-7-3-1-4-8-16/h1-15,25H. The highest BCUT2D eigenvalue weighted by atomic mass is 32.2. The van der Waals surface area contributed by atoms with Crippen LogP contribution in [0.15, 0.2) is 105 Å². The molecule has 1 N–H and O–H groups in total. The van der Waals surface area contributed by atoms with Crippen LogP contribution in [0.5, 0.6) is 0 Å². The summed E-state index contributed by atoms with van der Waals surface area (Å²) in [5.74, 6) is 0. The van der Waals surface area contributed by atoms with E-state index in [4.69, 9.17) is 0 Å². The minimum absolute atomic E-state index is 0.143. The molecule has 2 aromatic heterocycles. The maximum absolute atomic E-state index is 12.7. The third-order valence-corrected chi connectivity index (χ3v) is 7.86. The van der Waals surface area contributed by atoms with E-state index in [1.807, 2.05) is 41.8 Å². The highest BCUT2D eigenvalue weighted by molar-refractivity contribution is 8.00. The van der Waals surface area contributed by atoms with E-state index in [1.165, 1.54) is 35.2 Å². The van der Waals surface area contributed by atoms with Gasteiger partial charge < -0.3 is 0 Å².